The molecule has 0 aromatic heterocycles. The summed E-state index contributed by atoms with van der Waals surface area (Å²) < 4.78 is 10.3. The first kappa shape index (κ1) is 21.4. The maximum atomic E-state index is 12.7. The number of halogens is 1. The van der Waals surface area contributed by atoms with E-state index in [1.165, 1.54) is 18.2 Å². The van der Waals surface area contributed by atoms with Crippen molar-refractivity contribution in [1.29, 1.82) is 0 Å². The fourth-order valence-corrected chi connectivity index (χ4v) is 3.18. The minimum absolute atomic E-state index is 0.00371. The van der Waals surface area contributed by atoms with Gasteiger partial charge < -0.3 is 14.8 Å². The molecule has 1 unspecified atom stereocenters. The van der Waals surface area contributed by atoms with Gasteiger partial charge in [-0.3, -0.25) is 10.1 Å². The van der Waals surface area contributed by atoms with E-state index in [1.807, 2.05) is 0 Å². The monoisotopic (exact) mass is 408 g/mol. The number of carbonyl (C=O) groups is 2. The zero-order valence-corrected chi connectivity index (χ0v) is 16.5. The van der Waals surface area contributed by atoms with Gasteiger partial charge in [-0.05, 0) is 26.3 Å². The number of hydrogen-bond donors (Lipinski definition) is 1. The van der Waals surface area contributed by atoms with E-state index in [0.29, 0.717) is 17.0 Å². The van der Waals surface area contributed by atoms with E-state index in [4.69, 9.17) is 21.1 Å². The second kappa shape index (κ2) is 9.36. The van der Waals surface area contributed by atoms with Gasteiger partial charge in [-0.2, -0.15) is 0 Å². The molecule has 0 aliphatic carbocycles. The molecule has 150 valence electrons. The molecule has 1 aromatic rings. The summed E-state index contributed by atoms with van der Waals surface area (Å²) in [5.41, 5.74) is 1.63. The number of nitro benzene ring substituents is 1. The second-order valence-electron chi connectivity index (χ2n) is 6.03. The van der Waals surface area contributed by atoms with Crippen LogP contribution in [0.3, 0.4) is 0 Å². The molecule has 1 heterocycles. The van der Waals surface area contributed by atoms with Crippen LogP contribution in [0, 0.1) is 10.1 Å². The molecule has 0 saturated carbocycles. The molecular weight excluding hydrogens is 388 g/mol. The predicted molar refractivity (Wildman–Crippen MR) is 103 cm³/mol. The van der Waals surface area contributed by atoms with Crippen LogP contribution in [-0.2, 0) is 19.1 Å². The third-order valence-corrected chi connectivity index (χ3v) is 4.35. The lowest BCUT2D eigenvalue weighted by Gasteiger charge is -2.30. The number of dihydropyridines is 1. The highest BCUT2D eigenvalue weighted by atomic mass is 35.5. The van der Waals surface area contributed by atoms with Crippen LogP contribution in [0.25, 0.3) is 0 Å². The fourth-order valence-electron chi connectivity index (χ4n) is 3.10. The Labute approximate surface area is 167 Å². The van der Waals surface area contributed by atoms with Gasteiger partial charge in [0.15, 0.2) is 0 Å². The summed E-state index contributed by atoms with van der Waals surface area (Å²) in [6.07, 6.45) is 0. The van der Waals surface area contributed by atoms with Crippen molar-refractivity contribution in [2.75, 3.05) is 19.1 Å². The first-order valence-electron chi connectivity index (χ1n) is 8.64. The lowest BCUT2D eigenvalue weighted by molar-refractivity contribution is -0.384. The largest absolute Gasteiger partial charge is 0.463 e. The lowest BCUT2D eigenvalue weighted by Crippen LogP contribution is -2.32. The molecule has 0 saturated heterocycles. The van der Waals surface area contributed by atoms with E-state index in [9.17, 15) is 19.7 Å². The maximum Gasteiger partial charge on any atom is 0.336 e. The number of allylic oxidation sites excluding steroid dienone is 2. The van der Waals surface area contributed by atoms with Gasteiger partial charge in [-0.15, -0.1) is 11.6 Å². The summed E-state index contributed by atoms with van der Waals surface area (Å²) in [4.78, 5) is 36.0. The Balaban J connectivity index is 2.65. The quantitative estimate of drug-likeness (QED) is 0.319. The lowest BCUT2D eigenvalue weighted by atomic mass is 9.80. The molecule has 0 bridgehead atoms. The molecule has 28 heavy (non-hydrogen) atoms. The number of hydrogen-bond acceptors (Lipinski definition) is 7. The van der Waals surface area contributed by atoms with Gasteiger partial charge in [0.05, 0.1) is 34.5 Å². The number of esters is 2. The van der Waals surface area contributed by atoms with Crippen LogP contribution >= 0.6 is 11.6 Å². The summed E-state index contributed by atoms with van der Waals surface area (Å²) in [5.74, 6) is -2.02. The molecule has 1 N–H and O–H groups in total. The van der Waals surface area contributed by atoms with Crippen LogP contribution < -0.4 is 5.32 Å². The highest BCUT2D eigenvalue weighted by Gasteiger charge is 2.38. The number of carbonyl (C=O) groups excluding carboxylic acids is 2. The molecule has 0 amide bonds. The maximum absolute atomic E-state index is 12.7. The number of nitrogens with one attached hydrogen (secondary N) is 1. The smallest absolute Gasteiger partial charge is 0.336 e. The Morgan fingerprint density at radius 3 is 2.32 bits per heavy atom. The molecule has 1 atom stereocenters. The minimum atomic E-state index is -0.872. The van der Waals surface area contributed by atoms with Gasteiger partial charge in [-0.1, -0.05) is 12.1 Å². The summed E-state index contributed by atoms with van der Waals surface area (Å²) in [5, 5.41) is 14.2. The fraction of sp³-hybridized carbons (Fsp3) is 0.368. The predicted octanol–water partition coefficient (Wildman–Crippen LogP) is 3.17. The molecule has 1 aromatic carbocycles. The third-order valence-electron chi connectivity index (χ3n) is 4.20. The number of nitrogens with zero attached hydrogens (tertiary/aromatic N) is 1. The molecule has 9 heteroatoms. The average molecular weight is 409 g/mol. The number of benzene rings is 1. The minimum Gasteiger partial charge on any atom is -0.463 e. The second-order valence-corrected chi connectivity index (χ2v) is 6.41. The first-order valence-corrected chi connectivity index (χ1v) is 9.18. The third kappa shape index (κ3) is 4.51. The topological polar surface area (TPSA) is 108 Å². The van der Waals surface area contributed by atoms with Crippen molar-refractivity contribution in [2.24, 2.45) is 0 Å². The molecule has 8 nitrogen and oxygen atoms in total. The van der Waals surface area contributed by atoms with Gasteiger partial charge in [0.25, 0.3) is 5.69 Å². The average Bonchev–Trinajstić information content (AvgIpc) is 2.65. The van der Waals surface area contributed by atoms with Crippen molar-refractivity contribution in [3.63, 3.8) is 0 Å². The Morgan fingerprint density at radius 2 is 1.79 bits per heavy atom. The Bertz CT molecular complexity index is 862. The summed E-state index contributed by atoms with van der Waals surface area (Å²) in [6, 6.07) is 5.81. The highest BCUT2D eigenvalue weighted by Crippen LogP contribution is 2.40. The van der Waals surface area contributed by atoms with Crippen LogP contribution in [0.4, 0.5) is 5.69 Å². The summed E-state index contributed by atoms with van der Waals surface area (Å²) in [6.45, 7) is 5.17. The van der Waals surface area contributed by atoms with Crippen LogP contribution in [-0.4, -0.2) is 36.0 Å². The number of nitro groups is 1. The van der Waals surface area contributed by atoms with Gasteiger partial charge in [0.1, 0.15) is 6.61 Å². The summed E-state index contributed by atoms with van der Waals surface area (Å²) in [7, 11) is 0. The summed E-state index contributed by atoms with van der Waals surface area (Å²) >= 11 is 5.61. The van der Waals surface area contributed by atoms with Gasteiger partial charge in [-0.25, -0.2) is 9.59 Å². The number of rotatable bonds is 7. The molecule has 0 fully saturated rings. The van der Waals surface area contributed by atoms with E-state index in [2.05, 4.69) is 5.32 Å². The van der Waals surface area contributed by atoms with Gasteiger partial charge >= 0.3 is 11.9 Å². The molecule has 2 rings (SSSR count). The van der Waals surface area contributed by atoms with Crippen molar-refractivity contribution in [2.45, 2.75) is 26.7 Å². The zero-order valence-electron chi connectivity index (χ0n) is 15.8. The van der Waals surface area contributed by atoms with Crippen molar-refractivity contribution in [1.82, 2.24) is 5.32 Å². The molecular formula is C19H21ClN2O6. The van der Waals surface area contributed by atoms with Crippen molar-refractivity contribution >= 4 is 29.2 Å². The van der Waals surface area contributed by atoms with Crippen LogP contribution in [0.1, 0.15) is 32.3 Å². The zero-order chi connectivity index (χ0) is 20.8. The Morgan fingerprint density at radius 1 is 1.18 bits per heavy atom. The van der Waals surface area contributed by atoms with Crippen LogP contribution in [0.2, 0.25) is 0 Å². The van der Waals surface area contributed by atoms with E-state index >= 15 is 0 Å². The molecule has 0 spiro atoms. The number of non-ortho nitro benzene ring substituents is 1. The first-order chi connectivity index (χ1) is 13.3. The van der Waals surface area contributed by atoms with E-state index in [-0.39, 0.29) is 35.9 Å². The van der Waals surface area contributed by atoms with E-state index < -0.39 is 22.8 Å². The van der Waals surface area contributed by atoms with Crippen LogP contribution in [0.5, 0.6) is 0 Å². The van der Waals surface area contributed by atoms with Gasteiger partial charge in [0.2, 0.25) is 0 Å². The van der Waals surface area contributed by atoms with E-state index in [0.717, 1.165) is 0 Å². The van der Waals surface area contributed by atoms with Crippen molar-refractivity contribution < 1.29 is 24.0 Å². The number of ether oxygens (including phenoxy) is 2. The number of alkyl halides is 1. The van der Waals surface area contributed by atoms with E-state index in [1.54, 1.807) is 26.8 Å². The molecule has 1 aliphatic rings. The Hall–Kier alpha value is -2.87. The van der Waals surface area contributed by atoms with Gasteiger partial charge in [0, 0.05) is 23.5 Å². The normalized spacial score (nSPS) is 16.5. The molecule has 1 aliphatic heterocycles. The van der Waals surface area contributed by atoms with Crippen molar-refractivity contribution in [3.05, 3.63) is 62.5 Å². The van der Waals surface area contributed by atoms with Crippen molar-refractivity contribution in [3.8, 4) is 0 Å². The van der Waals surface area contributed by atoms with Crippen LogP contribution in [0.15, 0.2) is 46.8 Å². The molecule has 0 radical (unpaired) electrons. The highest BCUT2D eigenvalue weighted by molar-refractivity contribution is 6.18. The SMILES string of the molecule is CCOC(=O)C1=C(C)NC(C)=C(C(=O)OCCCl)C1c1cccc([N+](=O)[O-])c1. The Kier molecular flexibility index (Phi) is 7.17. The standard InChI is InChI=1S/C19H21ClN2O6/c1-4-27-18(23)15-11(2)21-12(3)16(19(24)28-9-8-20)17(15)13-6-5-7-14(10-13)22(25)26/h5-7,10,17,21H,4,8-9H2,1-3H3.